The molecule has 1 aliphatic heterocycles. The quantitative estimate of drug-likeness (QED) is 0.598. The molecule has 0 bridgehead atoms. The standard InChI is InChI=1S/C16H11BrO3/c1-10-8-12(16(18)19-10)9-14-6-7-15(20-14)11-2-4-13(17)5-3-11/h2-9H,1H3/b12-9+. The van der Waals surface area contributed by atoms with Gasteiger partial charge in [0.15, 0.2) is 0 Å². The molecule has 0 atom stereocenters. The molecular formula is C16H11BrO3. The van der Waals surface area contributed by atoms with Crippen molar-refractivity contribution in [2.75, 3.05) is 0 Å². The molecule has 4 heteroatoms. The first-order valence-corrected chi connectivity index (χ1v) is 6.89. The third kappa shape index (κ3) is 2.60. The molecule has 3 nitrogen and oxygen atoms in total. The Hall–Kier alpha value is -2.07. The Balaban J connectivity index is 1.89. The summed E-state index contributed by atoms with van der Waals surface area (Å²) < 4.78 is 11.7. The highest BCUT2D eigenvalue weighted by Crippen LogP contribution is 2.26. The van der Waals surface area contributed by atoms with Crippen molar-refractivity contribution in [3.05, 3.63) is 64.0 Å². The van der Waals surface area contributed by atoms with E-state index >= 15 is 0 Å². The van der Waals surface area contributed by atoms with Crippen molar-refractivity contribution in [3.8, 4) is 11.3 Å². The normalized spacial score (nSPS) is 16.4. The van der Waals surface area contributed by atoms with Crippen molar-refractivity contribution in [3.63, 3.8) is 0 Å². The summed E-state index contributed by atoms with van der Waals surface area (Å²) in [5, 5.41) is 0. The molecule has 0 spiro atoms. The predicted molar refractivity (Wildman–Crippen MR) is 79.7 cm³/mol. The molecule has 2 aromatic rings. The Morgan fingerprint density at radius 2 is 1.85 bits per heavy atom. The smallest absolute Gasteiger partial charge is 0.343 e. The van der Waals surface area contributed by atoms with Crippen LogP contribution in [-0.4, -0.2) is 5.97 Å². The summed E-state index contributed by atoms with van der Waals surface area (Å²) >= 11 is 3.40. The molecule has 0 amide bonds. The van der Waals surface area contributed by atoms with E-state index < -0.39 is 0 Å². The fourth-order valence-electron chi connectivity index (χ4n) is 1.97. The van der Waals surface area contributed by atoms with E-state index in [0.29, 0.717) is 17.1 Å². The molecule has 0 saturated carbocycles. The minimum atomic E-state index is -0.343. The van der Waals surface area contributed by atoms with Gasteiger partial charge in [-0.05, 0) is 43.3 Å². The number of allylic oxidation sites excluding steroid dienone is 1. The molecule has 1 aromatic heterocycles. The van der Waals surface area contributed by atoms with Crippen molar-refractivity contribution < 1.29 is 13.9 Å². The van der Waals surface area contributed by atoms with Crippen LogP contribution >= 0.6 is 15.9 Å². The highest BCUT2D eigenvalue weighted by Gasteiger charge is 2.18. The van der Waals surface area contributed by atoms with Gasteiger partial charge < -0.3 is 9.15 Å². The largest absolute Gasteiger partial charge is 0.457 e. The summed E-state index contributed by atoms with van der Waals surface area (Å²) in [7, 11) is 0. The number of carbonyl (C=O) groups excluding carboxylic acids is 1. The zero-order valence-electron chi connectivity index (χ0n) is 10.7. The molecular weight excluding hydrogens is 320 g/mol. The molecule has 0 saturated heterocycles. The number of cyclic esters (lactones) is 1. The number of ether oxygens (including phenoxy) is 1. The van der Waals surface area contributed by atoms with Crippen LogP contribution in [0, 0.1) is 0 Å². The predicted octanol–water partition coefficient (Wildman–Crippen LogP) is 4.55. The van der Waals surface area contributed by atoms with Crippen LogP contribution in [0.2, 0.25) is 0 Å². The summed E-state index contributed by atoms with van der Waals surface area (Å²) in [5.41, 5.74) is 1.48. The van der Waals surface area contributed by atoms with Gasteiger partial charge in [-0.3, -0.25) is 0 Å². The van der Waals surface area contributed by atoms with E-state index in [-0.39, 0.29) is 5.97 Å². The number of furan rings is 1. The molecule has 100 valence electrons. The third-order valence-corrected chi connectivity index (χ3v) is 3.43. The van der Waals surface area contributed by atoms with E-state index in [2.05, 4.69) is 15.9 Å². The monoisotopic (exact) mass is 330 g/mol. The van der Waals surface area contributed by atoms with Gasteiger partial charge in [0.25, 0.3) is 0 Å². The fourth-order valence-corrected chi connectivity index (χ4v) is 2.23. The Labute approximate surface area is 124 Å². The van der Waals surface area contributed by atoms with Gasteiger partial charge in [0.2, 0.25) is 0 Å². The van der Waals surface area contributed by atoms with E-state index in [1.807, 2.05) is 36.4 Å². The summed E-state index contributed by atoms with van der Waals surface area (Å²) in [6.45, 7) is 1.74. The second-order valence-electron chi connectivity index (χ2n) is 4.45. The first kappa shape index (κ1) is 12.9. The van der Waals surface area contributed by atoms with E-state index in [0.717, 1.165) is 15.8 Å². The molecule has 0 N–H and O–H groups in total. The van der Waals surface area contributed by atoms with E-state index in [1.54, 1.807) is 19.1 Å². The summed E-state index contributed by atoms with van der Waals surface area (Å²) in [4.78, 5) is 11.5. The van der Waals surface area contributed by atoms with Crippen LogP contribution in [0.15, 0.2) is 62.7 Å². The zero-order chi connectivity index (χ0) is 14.1. The maximum Gasteiger partial charge on any atom is 0.343 e. The van der Waals surface area contributed by atoms with Crippen LogP contribution in [0.5, 0.6) is 0 Å². The van der Waals surface area contributed by atoms with Crippen LogP contribution < -0.4 is 0 Å². The van der Waals surface area contributed by atoms with Crippen molar-refractivity contribution in [2.45, 2.75) is 6.92 Å². The molecule has 0 unspecified atom stereocenters. The molecule has 0 radical (unpaired) electrons. The highest BCUT2D eigenvalue weighted by molar-refractivity contribution is 9.10. The lowest BCUT2D eigenvalue weighted by atomic mass is 10.2. The first-order valence-electron chi connectivity index (χ1n) is 6.10. The lowest BCUT2D eigenvalue weighted by Crippen LogP contribution is -1.95. The number of hydrogen-bond donors (Lipinski definition) is 0. The van der Waals surface area contributed by atoms with Gasteiger partial charge in [-0.1, -0.05) is 28.1 Å². The maximum absolute atomic E-state index is 11.5. The molecule has 2 heterocycles. The van der Waals surface area contributed by atoms with Gasteiger partial charge in [0, 0.05) is 10.0 Å². The number of halogens is 1. The summed E-state index contributed by atoms with van der Waals surface area (Å²) in [6, 6.07) is 11.6. The molecule has 1 aliphatic rings. The molecule has 3 rings (SSSR count). The molecule has 0 aliphatic carbocycles. The average Bonchev–Trinajstić information content (AvgIpc) is 2.98. The van der Waals surface area contributed by atoms with Gasteiger partial charge in [-0.15, -0.1) is 0 Å². The van der Waals surface area contributed by atoms with Crippen molar-refractivity contribution >= 4 is 28.0 Å². The topological polar surface area (TPSA) is 39.4 Å². The van der Waals surface area contributed by atoms with Crippen molar-refractivity contribution in [1.82, 2.24) is 0 Å². The van der Waals surface area contributed by atoms with Gasteiger partial charge in [0.05, 0.1) is 5.57 Å². The minimum absolute atomic E-state index is 0.343. The molecule has 0 fully saturated rings. The van der Waals surface area contributed by atoms with Crippen molar-refractivity contribution in [1.29, 1.82) is 0 Å². The lowest BCUT2D eigenvalue weighted by molar-refractivity contribution is -0.133. The van der Waals surface area contributed by atoms with Crippen LogP contribution in [-0.2, 0) is 9.53 Å². The van der Waals surface area contributed by atoms with Crippen LogP contribution in [0.3, 0.4) is 0 Å². The number of carbonyl (C=O) groups is 1. The summed E-state index contributed by atoms with van der Waals surface area (Å²) in [5.74, 6) is 1.64. The summed E-state index contributed by atoms with van der Waals surface area (Å²) in [6.07, 6.45) is 3.38. The maximum atomic E-state index is 11.5. The number of hydrogen-bond acceptors (Lipinski definition) is 3. The second kappa shape index (κ2) is 5.13. The highest BCUT2D eigenvalue weighted by atomic mass is 79.9. The second-order valence-corrected chi connectivity index (χ2v) is 5.37. The Kier molecular flexibility index (Phi) is 3.32. The van der Waals surface area contributed by atoms with Crippen LogP contribution in [0.25, 0.3) is 17.4 Å². The van der Waals surface area contributed by atoms with Gasteiger partial charge in [-0.25, -0.2) is 4.79 Å². The number of benzene rings is 1. The minimum Gasteiger partial charge on any atom is -0.457 e. The van der Waals surface area contributed by atoms with E-state index in [1.165, 1.54) is 0 Å². The van der Waals surface area contributed by atoms with Gasteiger partial charge in [-0.2, -0.15) is 0 Å². The van der Waals surface area contributed by atoms with Crippen LogP contribution in [0.4, 0.5) is 0 Å². The lowest BCUT2D eigenvalue weighted by Gasteiger charge is -1.96. The van der Waals surface area contributed by atoms with Gasteiger partial charge in [0.1, 0.15) is 17.3 Å². The Bertz CT molecular complexity index is 720. The number of rotatable bonds is 2. The Morgan fingerprint density at radius 1 is 1.10 bits per heavy atom. The fraction of sp³-hybridized carbons (Fsp3) is 0.0625. The van der Waals surface area contributed by atoms with E-state index in [4.69, 9.17) is 9.15 Å². The molecule has 20 heavy (non-hydrogen) atoms. The van der Waals surface area contributed by atoms with E-state index in [9.17, 15) is 4.79 Å². The number of esters is 1. The van der Waals surface area contributed by atoms with Gasteiger partial charge >= 0.3 is 5.97 Å². The molecule has 1 aromatic carbocycles. The average molecular weight is 331 g/mol. The zero-order valence-corrected chi connectivity index (χ0v) is 12.3. The Morgan fingerprint density at radius 3 is 2.50 bits per heavy atom. The first-order chi connectivity index (χ1) is 9.61. The van der Waals surface area contributed by atoms with Crippen molar-refractivity contribution in [2.24, 2.45) is 0 Å². The van der Waals surface area contributed by atoms with Crippen LogP contribution in [0.1, 0.15) is 12.7 Å². The third-order valence-electron chi connectivity index (χ3n) is 2.90. The SMILES string of the molecule is CC1=C/C(=C\c2ccc(-c3ccc(Br)cc3)o2)C(=O)O1.